The third kappa shape index (κ3) is 7.27. The molecule has 0 radical (unpaired) electrons. The number of esters is 2. The average molecular weight is 600 g/mol. The molecular weight excluding hydrogens is 561 g/mol. The van der Waals surface area contributed by atoms with E-state index in [4.69, 9.17) is 24.5 Å². The number of carbonyl (C=O) groups is 2. The Balaban J connectivity index is 1.87. The molecule has 0 saturated carbocycles. The molecule has 3 heterocycles. The summed E-state index contributed by atoms with van der Waals surface area (Å²) in [6.07, 6.45) is -1.55. The lowest BCUT2D eigenvalue weighted by atomic mass is 9.96. The Morgan fingerprint density at radius 3 is 2.20 bits per heavy atom. The van der Waals surface area contributed by atoms with Crippen LogP contribution >= 0.6 is 7.67 Å². The summed E-state index contributed by atoms with van der Waals surface area (Å²) in [5, 5.41) is 27.1. The monoisotopic (exact) mass is 599 g/mol. The maximum Gasteiger partial charge on any atom is 0.342 e. The van der Waals surface area contributed by atoms with E-state index >= 15 is 0 Å². The number of hydrogen-bond acceptors (Lipinski definition) is 13. The van der Waals surface area contributed by atoms with Gasteiger partial charge in [-0.25, -0.2) is 25.1 Å². The Bertz CT molecular complexity index is 1270. The minimum atomic E-state index is -4.28. The predicted octanol–water partition coefficient (Wildman–Crippen LogP) is 0.568. The number of hydrogen-bond donors (Lipinski definition) is 5. The summed E-state index contributed by atoms with van der Waals surface area (Å²) in [6, 6.07) is -2.28. The van der Waals surface area contributed by atoms with Crippen molar-refractivity contribution in [3.63, 3.8) is 0 Å². The summed E-state index contributed by atoms with van der Waals surface area (Å²) in [5.41, 5.74) is 4.54. The Morgan fingerprint density at radius 2 is 1.68 bits per heavy atom. The summed E-state index contributed by atoms with van der Waals surface area (Å²) >= 11 is 0. The van der Waals surface area contributed by atoms with E-state index in [1.54, 1.807) is 27.7 Å². The number of nitrogens with zero attached hydrogens (tertiary/aromatic N) is 4. The molecule has 3 rings (SSSR count). The topological polar surface area (TPSA) is 222 Å². The Hall–Kier alpha value is -2.98. The zero-order valence-electron chi connectivity index (χ0n) is 23.8. The molecule has 41 heavy (non-hydrogen) atoms. The molecular formula is C24H38N7O9P. The number of imidazole rings is 1. The van der Waals surface area contributed by atoms with Crippen LogP contribution < -0.4 is 15.9 Å². The van der Waals surface area contributed by atoms with Gasteiger partial charge in [0, 0.05) is 0 Å². The second-order valence-corrected chi connectivity index (χ2v) is 12.1. The fourth-order valence-corrected chi connectivity index (χ4v) is 5.86. The first kappa shape index (κ1) is 32.5. The second-order valence-electron chi connectivity index (χ2n) is 10.2. The SMILES string of the molecule is C=C[C@]1(COP(=O)(N[C@@H](C)C(=O)OC(C)C)N[C@@H](C)C(=O)OC(C)C)O[C@@H](n2cnc3c(N)ncnc32)[C@H](O)[C@@H]1O. The van der Waals surface area contributed by atoms with E-state index in [-0.39, 0.29) is 17.0 Å². The Morgan fingerprint density at radius 1 is 1.12 bits per heavy atom. The predicted molar refractivity (Wildman–Crippen MR) is 146 cm³/mol. The molecule has 1 aliphatic heterocycles. The van der Waals surface area contributed by atoms with Crippen molar-refractivity contribution in [2.45, 2.75) is 89.9 Å². The van der Waals surface area contributed by atoms with Crippen molar-refractivity contribution < 1.29 is 43.1 Å². The molecule has 0 aromatic carbocycles. The van der Waals surface area contributed by atoms with Crippen molar-refractivity contribution in [1.29, 1.82) is 0 Å². The van der Waals surface area contributed by atoms with Crippen LogP contribution in [0.5, 0.6) is 0 Å². The lowest BCUT2D eigenvalue weighted by Gasteiger charge is -2.32. The molecule has 0 bridgehead atoms. The standard InChI is InChI=1S/C24H38N7O9P/c1-8-24(18(33)17(32)21(40-24)31-11-28-16-19(25)26-10-27-20(16)31)9-37-41(36,29-14(6)22(34)38-12(2)3)30-15(7)23(35)39-13(4)5/h8,10-15,17-18,21,32-33H,1,9H2,2-7H3,(H2,25,26,27)(H2,29,30,36)/t14-,15-,17+,18-,21+,24+/m0/s1. The van der Waals surface area contributed by atoms with Crippen LogP contribution in [0.25, 0.3) is 11.2 Å². The van der Waals surface area contributed by atoms with Gasteiger partial charge in [-0.05, 0) is 41.5 Å². The second kappa shape index (κ2) is 12.9. The van der Waals surface area contributed by atoms with Gasteiger partial charge in [0.1, 0.15) is 41.7 Å². The maximum absolute atomic E-state index is 14.0. The fourth-order valence-electron chi connectivity index (χ4n) is 4.02. The van der Waals surface area contributed by atoms with E-state index in [2.05, 4.69) is 31.7 Å². The first-order chi connectivity index (χ1) is 19.1. The lowest BCUT2D eigenvalue weighted by molar-refractivity contribution is -0.149. The van der Waals surface area contributed by atoms with Crippen LogP contribution in [0.4, 0.5) is 5.82 Å². The molecule has 0 unspecified atom stereocenters. The minimum absolute atomic E-state index is 0.105. The van der Waals surface area contributed by atoms with Crippen LogP contribution in [-0.4, -0.2) is 90.4 Å². The highest BCUT2D eigenvalue weighted by Crippen LogP contribution is 2.45. The third-order valence-corrected chi connectivity index (χ3v) is 8.02. The van der Waals surface area contributed by atoms with Crippen LogP contribution in [0.3, 0.4) is 0 Å². The quantitative estimate of drug-likeness (QED) is 0.121. The van der Waals surface area contributed by atoms with Crippen LogP contribution in [-0.2, 0) is 32.9 Å². The van der Waals surface area contributed by atoms with E-state index in [0.717, 1.165) is 0 Å². The molecule has 0 amide bonds. The molecule has 228 valence electrons. The molecule has 2 aromatic rings. The largest absolute Gasteiger partial charge is 0.462 e. The number of nitrogens with two attached hydrogens (primary N) is 1. The highest BCUT2D eigenvalue weighted by atomic mass is 31.2. The van der Waals surface area contributed by atoms with E-state index in [1.807, 2.05) is 0 Å². The minimum Gasteiger partial charge on any atom is -0.462 e. The van der Waals surface area contributed by atoms with Crippen molar-refractivity contribution in [3.05, 3.63) is 25.3 Å². The first-order valence-corrected chi connectivity index (χ1v) is 14.6. The zero-order chi connectivity index (χ0) is 30.7. The summed E-state index contributed by atoms with van der Waals surface area (Å²) in [5.74, 6) is -1.34. The van der Waals surface area contributed by atoms with Gasteiger partial charge >= 0.3 is 19.6 Å². The van der Waals surface area contributed by atoms with Crippen molar-refractivity contribution in [1.82, 2.24) is 29.7 Å². The van der Waals surface area contributed by atoms with Gasteiger partial charge in [-0.3, -0.25) is 18.7 Å². The number of nitrogen functional groups attached to an aromatic ring is 1. The number of aliphatic hydroxyl groups excluding tert-OH is 2. The highest BCUT2D eigenvalue weighted by molar-refractivity contribution is 7.54. The van der Waals surface area contributed by atoms with E-state index in [9.17, 15) is 24.4 Å². The number of anilines is 1. The number of fused-ring (bicyclic) bond motifs is 1. The molecule has 16 nitrogen and oxygen atoms in total. The van der Waals surface area contributed by atoms with Gasteiger partial charge in [0.25, 0.3) is 0 Å². The van der Waals surface area contributed by atoms with Crippen molar-refractivity contribution in [2.24, 2.45) is 0 Å². The van der Waals surface area contributed by atoms with Gasteiger partial charge in [-0.15, -0.1) is 6.58 Å². The summed E-state index contributed by atoms with van der Waals surface area (Å²) in [6.45, 7) is 12.5. The maximum atomic E-state index is 14.0. The first-order valence-electron chi connectivity index (χ1n) is 12.9. The normalized spacial score (nSPS) is 24.5. The average Bonchev–Trinajstić information content (AvgIpc) is 3.42. The van der Waals surface area contributed by atoms with Crippen LogP contribution in [0.15, 0.2) is 25.3 Å². The molecule has 0 spiro atoms. The molecule has 1 fully saturated rings. The lowest BCUT2D eigenvalue weighted by Crippen LogP contribution is -2.47. The van der Waals surface area contributed by atoms with Crippen LogP contribution in [0, 0.1) is 0 Å². The van der Waals surface area contributed by atoms with Gasteiger partial charge in [0.15, 0.2) is 17.7 Å². The number of aromatic nitrogens is 4. The smallest absolute Gasteiger partial charge is 0.342 e. The van der Waals surface area contributed by atoms with Gasteiger partial charge in [0.2, 0.25) is 0 Å². The number of nitrogens with one attached hydrogen (secondary N) is 2. The summed E-state index contributed by atoms with van der Waals surface area (Å²) in [4.78, 5) is 37.1. The number of rotatable bonds is 13. The molecule has 1 aliphatic rings. The zero-order valence-corrected chi connectivity index (χ0v) is 24.6. The van der Waals surface area contributed by atoms with Gasteiger partial charge in [-0.2, -0.15) is 0 Å². The molecule has 2 aromatic heterocycles. The van der Waals surface area contributed by atoms with Crippen molar-refractivity contribution >= 4 is 36.6 Å². The fraction of sp³-hybridized carbons (Fsp3) is 0.625. The molecule has 1 saturated heterocycles. The van der Waals surface area contributed by atoms with Crippen molar-refractivity contribution in [3.8, 4) is 0 Å². The van der Waals surface area contributed by atoms with Crippen LogP contribution in [0.2, 0.25) is 0 Å². The molecule has 6 atom stereocenters. The summed E-state index contributed by atoms with van der Waals surface area (Å²) < 4.78 is 37.5. The molecule has 0 aliphatic carbocycles. The highest BCUT2D eigenvalue weighted by Gasteiger charge is 2.55. The number of ether oxygens (including phenoxy) is 3. The molecule has 6 N–H and O–H groups in total. The molecule has 17 heteroatoms. The van der Waals surface area contributed by atoms with E-state index < -0.39 is 74.5 Å². The number of aliphatic hydroxyl groups is 2. The van der Waals surface area contributed by atoms with Gasteiger partial charge < -0.3 is 34.7 Å². The van der Waals surface area contributed by atoms with Gasteiger partial charge in [-0.1, -0.05) is 6.08 Å². The van der Waals surface area contributed by atoms with E-state index in [0.29, 0.717) is 0 Å². The Kier molecular flexibility index (Phi) is 10.2. The Labute approximate surface area is 237 Å². The van der Waals surface area contributed by atoms with E-state index in [1.165, 1.54) is 37.1 Å². The summed E-state index contributed by atoms with van der Waals surface area (Å²) in [7, 11) is -4.28. The van der Waals surface area contributed by atoms with Crippen LogP contribution in [0.1, 0.15) is 47.8 Å². The van der Waals surface area contributed by atoms with Crippen molar-refractivity contribution in [2.75, 3.05) is 12.3 Å². The van der Waals surface area contributed by atoms with Gasteiger partial charge in [0.05, 0.1) is 25.1 Å². The number of carbonyl (C=O) groups excluding carboxylic acids is 2. The third-order valence-electron chi connectivity index (χ3n) is 6.07.